The van der Waals surface area contributed by atoms with E-state index in [0.29, 0.717) is 12.5 Å². The van der Waals surface area contributed by atoms with Gasteiger partial charge in [-0.3, -0.25) is 4.79 Å². The number of likely N-dealkylation sites (N-methyl/N-ethyl adjacent to an activating group) is 1. The van der Waals surface area contributed by atoms with Crippen molar-refractivity contribution in [3.63, 3.8) is 0 Å². The number of hydrogen-bond acceptors (Lipinski definition) is 3. The summed E-state index contributed by atoms with van der Waals surface area (Å²) in [7, 11) is 1.78. The van der Waals surface area contributed by atoms with E-state index in [-0.39, 0.29) is 24.4 Å². The van der Waals surface area contributed by atoms with Crippen LogP contribution in [0.2, 0.25) is 0 Å². The number of amides is 1. The molecule has 0 aliphatic carbocycles. The number of ether oxygens (including phenoxy) is 1. The second kappa shape index (κ2) is 7.91. The average molecular weight is 237 g/mol. The molecule has 15 heavy (non-hydrogen) atoms. The highest BCUT2D eigenvalue weighted by Crippen LogP contribution is 2.18. The third kappa shape index (κ3) is 5.35. The molecule has 1 rings (SSSR count). The van der Waals surface area contributed by atoms with Crippen LogP contribution in [0.25, 0.3) is 0 Å². The molecule has 2 N–H and O–H groups in total. The highest BCUT2D eigenvalue weighted by atomic mass is 35.5. The Labute approximate surface area is 97.5 Å². The Bertz CT molecular complexity index is 184. The van der Waals surface area contributed by atoms with Crippen LogP contribution in [0.5, 0.6) is 0 Å². The summed E-state index contributed by atoms with van der Waals surface area (Å²) in [5.74, 6) is 0.649. The second-order valence-corrected chi connectivity index (χ2v) is 3.84. The molecular formula is C10H21ClN2O2. The molecule has 5 heteroatoms. The summed E-state index contributed by atoms with van der Waals surface area (Å²) in [5.41, 5.74) is 0. The van der Waals surface area contributed by atoms with Crippen LogP contribution in [-0.2, 0) is 9.53 Å². The lowest BCUT2D eigenvalue weighted by Gasteiger charge is -2.28. The first-order chi connectivity index (χ1) is 6.74. The lowest BCUT2D eigenvalue weighted by Crippen LogP contribution is -2.43. The van der Waals surface area contributed by atoms with Gasteiger partial charge < -0.3 is 15.4 Å². The zero-order chi connectivity index (χ0) is 10.4. The van der Waals surface area contributed by atoms with Gasteiger partial charge >= 0.3 is 0 Å². The van der Waals surface area contributed by atoms with Gasteiger partial charge in [-0.15, -0.1) is 12.4 Å². The molecule has 0 radical (unpaired) electrons. The van der Waals surface area contributed by atoms with Crippen molar-refractivity contribution in [3.8, 4) is 0 Å². The summed E-state index contributed by atoms with van der Waals surface area (Å²) in [6.07, 6.45) is 2.11. The average Bonchev–Trinajstić information content (AvgIpc) is 2.19. The lowest BCUT2D eigenvalue weighted by molar-refractivity contribution is -0.121. The molecule has 4 nitrogen and oxygen atoms in total. The molecule has 0 aromatic rings. The number of nitrogens with one attached hydrogen (secondary N) is 2. The van der Waals surface area contributed by atoms with E-state index in [9.17, 15) is 4.79 Å². The van der Waals surface area contributed by atoms with E-state index in [1.807, 2.05) is 0 Å². The van der Waals surface area contributed by atoms with Crippen LogP contribution < -0.4 is 10.6 Å². The monoisotopic (exact) mass is 236 g/mol. The Morgan fingerprint density at radius 3 is 2.60 bits per heavy atom. The van der Waals surface area contributed by atoms with Gasteiger partial charge in [-0.25, -0.2) is 0 Å². The number of carbonyl (C=O) groups excluding carboxylic acids is 1. The molecule has 0 bridgehead atoms. The number of rotatable bonds is 4. The standard InChI is InChI=1S/C10H20N2O2.ClH/c1-8(12-10(13)7-11-2)9-3-5-14-6-4-9;/h8-9,11H,3-7H2,1-2H3,(H,12,13);1H. The highest BCUT2D eigenvalue weighted by molar-refractivity contribution is 5.85. The minimum atomic E-state index is 0. The zero-order valence-corrected chi connectivity index (χ0v) is 10.2. The van der Waals surface area contributed by atoms with E-state index in [1.54, 1.807) is 7.05 Å². The van der Waals surface area contributed by atoms with Crippen molar-refractivity contribution in [1.29, 1.82) is 0 Å². The van der Waals surface area contributed by atoms with E-state index in [0.717, 1.165) is 26.1 Å². The van der Waals surface area contributed by atoms with E-state index >= 15 is 0 Å². The van der Waals surface area contributed by atoms with Crippen LogP contribution in [0.1, 0.15) is 19.8 Å². The predicted molar refractivity (Wildman–Crippen MR) is 62.3 cm³/mol. The van der Waals surface area contributed by atoms with Crippen LogP contribution in [0.3, 0.4) is 0 Å². The summed E-state index contributed by atoms with van der Waals surface area (Å²) in [6.45, 7) is 4.13. The fourth-order valence-electron chi connectivity index (χ4n) is 1.80. The van der Waals surface area contributed by atoms with Gasteiger partial charge in [-0.1, -0.05) is 0 Å². The molecular weight excluding hydrogens is 216 g/mol. The van der Waals surface area contributed by atoms with E-state index in [4.69, 9.17) is 4.74 Å². The summed E-state index contributed by atoms with van der Waals surface area (Å²) in [5, 5.41) is 5.83. The molecule has 1 fully saturated rings. The molecule has 0 saturated carbocycles. The first-order valence-electron chi connectivity index (χ1n) is 5.25. The Morgan fingerprint density at radius 1 is 1.47 bits per heavy atom. The van der Waals surface area contributed by atoms with Crippen molar-refractivity contribution in [2.75, 3.05) is 26.8 Å². The number of hydrogen-bond donors (Lipinski definition) is 2. The van der Waals surface area contributed by atoms with Gasteiger partial charge in [0.1, 0.15) is 0 Å². The van der Waals surface area contributed by atoms with Gasteiger partial charge in [0.15, 0.2) is 0 Å². The quantitative estimate of drug-likeness (QED) is 0.750. The molecule has 1 aliphatic rings. The second-order valence-electron chi connectivity index (χ2n) is 3.84. The van der Waals surface area contributed by atoms with Crippen molar-refractivity contribution >= 4 is 18.3 Å². The summed E-state index contributed by atoms with van der Waals surface area (Å²) in [6, 6.07) is 0.264. The largest absolute Gasteiger partial charge is 0.381 e. The van der Waals surface area contributed by atoms with Gasteiger partial charge in [0.05, 0.1) is 6.54 Å². The van der Waals surface area contributed by atoms with E-state index < -0.39 is 0 Å². The van der Waals surface area contributed by atoms with Crippen molar-refractivity contribution in [2.45, 2.75) is 25.8 Å². The van der Waals surface area contributed by atoms with Crippen molar-refractivity contribution in [1.82, 2.24) is 10.6 Å². The van der Waals surface area contributed by atoms with Crippen LogP contribution in [0.4, 0.5) is 0 Å². The van der Waals surface area contributed by atoms with Crippen molar-refractivity contribution < 1.29 is 9.53 Å². The fraction of sp³-hybridized carbons (Fsp3) is 0.900. The number of carbonyl (C=O) groups is 1. The van der Waals surface area contributed by atoms with Crippen LogP contribution >= 0.6 is 12.4 Å². The Kier molecular flexibility index (Phi) is 7.74. The summed E-state index contributed by atoms with van der Waals surface area (Å²) in [4.78, 5) is 11.3. The molecule has 0 aromatic carbocycles. The van der Waals surface area contributed by atoms with Gasteiger partial charge in [0.25, 0.3) is 0 Å². The third-order valence-electron chi connectivity index (χ3n) is 2.70. The normalized spacial score (nSPS) is 19.1. The third-order valence-corrected chi connectivity index (χ3v) is 2.70. The minimum Gasteiger partial charge on any atom is -0.381 e. The van der Waals surface area contributed by atoms with E-state index in [1.165, 1.54) is 0 Å². The molecule has 1 amide bonds. The SMILES string of the molecule is CNCC(=O)NC(C)C1CCOCC1.Cl. The highest BCUT2D eigenvalue weighted by Gasteiger charge is 2.21. The Hall–Kier alpha value is -0.320. The maximum absolute atomic E-state index is 11.3. The summed E-state index contributed by atoms with van der Waals surface area (Å²) < 4.78 is 5.28. The maximum Gasteiger partial charge on any atom is 0.234 e. The minimum absolute atomic E-state index is 0. The fourth-order valence-corrected chi connectivity index (χ4v) is 1.80. The van der Waals surface area contributed by atoms with Gasteiger partial charge in [0.2, 0.25) is 5.91 Å². The van der Waals surface area contributed by atoms with Crippen LogP contribution in [0, 0.1) is 5.92 Å². The topological polar surface area (TPSA) is 50.4 Å². The van der Waals surface area contributed by atoms with Crippen molar-refractivity contribution in [3.05, 3.63) is 0 Å². The van der Waals surface area contributed by atoms with Crippen LogP contribution in [-0.4, -0.2) is 38.8 Å². The first kappa shape index (κ1) is 14.7. The lowest BCUT2D eigenvalue weighted by atomic mass is 9.93. The van der Waals surface area contributed by atoms with Gasteiger partial charge in [-0.2, -0.15) is 0 Å². The molecule has 1 saturated heterocycles. The predicted octanol–water partition coefficient (Wildman–Crippen LogP) is 0.559. The van der Waals surface area contributed by atoms with Crippen LogP contribution in [0.15, 0.2) is 0 Å². The first-order valence-corrected chi connectivity index (χ1v) is 5.25. The number of halogens is 1. The molecule has 1 heterocycles. The van der Waals surface area contributed by atoms with Gasteiger partial charge in [0, 0.05) is 19.3 Å². The molecule has 90 valence electrons. The zero-order valence-electron chi connectivity index (χ0n) is 9.41. The maximum atomic E-state index is 11.3. The summed E-state index contributed by atoms with van der Waals surface area (Å²) >= 11 is 0. The Morgan fingerprint density at radius 2 is 2.07 bits per heavy atom. The molecule has 1 atom stereocenters. The van der Waals surface area contributed by atoms with Crippen molar-refractivity contribution in [2.24, 2.45) is 5.92 Å². The molecule has 0 spiro atoms. The smallest absolute Gasteiger partial charge is 0.234 e. The van der Waals surface area contributed by atoms with E-state index in [2.05, 4.69) is 17.6 Å². The Balaban J connectivity index is 0.00000196. The molecule has 0 aromatic heterocycles. The molecule has 1 aliphatic heterocycles. The van der Waals surface area contributed by atoms with Gasteiger partial charge in [-0.05, 0) is 32.7 Å². The molecule has 1 unspecified atom stereocenters.